The minimum atomic E-state index is -0.402. The molecule has 1 atom stereocenters. The highest BCUT2D eigenvalue weighted by atomic mass is 35.5. The van der Waals surface area contributed by atoms with Crippen LogP contribution in [0.4, 0.5) is 0 Å². The quantitative estimate of drug-likeness (QED) is 0.427. The third-order valence-electron chi connectivity index (χ3n) is 8.61. The molecule has 2 aliphatic heterocycles. The first-order chi connectivity index (χ1) is 19.1. The van der Waals surface area contributed by atoms with E-state index in [1.54, 1.807) is 29.0 Å². The standard InChI is InChI=1S/C31H42Cl2N4O3/c1-34(2)30(40)31(37-16-5-4-6-17-37)14-19-36(20-15-31)18-13-25(24-9-12-27(32)28(33)21-24)22-35(3)29(39)23-7-10-26(38)11-8-23/h7-12,21,25,38H,4-6,13-20,22H2,1-3H3. The van der Waals surface area contributed by atoms with E-state index >= 15 is 0 Å². The van der Waals surface area contributed by atoms with Gasteiger partial charge < -0.3 is 19.8 Å². The Labute approximate surface area is 248 Å². The van der Waals surface area contributed by atoms with Crippen LogP contribution in [0.2, 0.25) is 10.0 Å². The molecule has 0 aromatic heterocycles. The van der Waals surface area contributed by atoms with Crippen LogP contribution in [-0.2, 0) is 4.79 Å². The van der Waals surface area contributed by atoms with Gasteiger partial charge in [0.15, 0.2) is 0 Å². The van der Waals surface area contributed by atoms with Crippen molar-refractivity contribution in [2.24, 2.45) is 0 Å². The van der Waals surface area contributed by atoms with E-state index in [0.29, 0.717) is 22.2 Å². The summed E-state index contributed by atoms with van der Waals surface area (Å²) in [4.78, 5) is 35.0. The maximum absolute atomic E-state index is 13.4. The Hall–Kier alpha value is -2.32. The third kappa shape index (κ3) is 7.11. The molecule has 218 valence electrons. The number of carbonyl (C=O) groups excluding carboxylic acids is 2. The molecule has 4 rings (SSSR count). The van der Waals surface area contributed by atoms with Gasteiger partial charge in [0.05, 0.1) is 10.0 Å². The first-order valence-electron chi connectivity index (χ1n) is 14.3. The highest BCUT2D eigenvalue weighted by Crippen LogP contribution is 2.34. The van der Waals surface area contributed by atoms with Gasteiger partial charge in [0.2, 0.25) is 5.91 Å². The molecule has 1 unspecified atom stereocenters. The number of aromatic hydroxyl groups is 1. The Kier molecular flexibility index (Phi) is 10.4. The molecular weight excluding hydrogens is 547 g/mol. The van der Waals surface area contributed by atoms with E-state index in [1.165, 1.54) is 18.6 Å². The minimum absolute atomic E-state index is 0.0537. The number of halogens is 2. The van der Waals surface area contributed by atoms with Crippen LogP contribution in [0.3, 0.4) is 0 Å². The van der Waals surface area contributed by atoms with E-state index in [-0.39, 0.29) is 23.5 Å². The topological polar surface area (TPSA) is 67.3 Å². The lowest BCUT2D eigenvalue weighted by Gasteiger charge is -2.50. The number of likely N-dealkylation sites (N-methyl/N-ethyl adjacent to an activating group) is 2. The SMILES string of the molecule is CN(C)C(=O)C1(N2CCCCC2)CCN(CCC(CN(C)C(=O)c2ccc(O)cc2)c2ccc(Cl)c(Cl)c2)CC1. The fourth-order valence-corrected chi connectivity index (χ4v) is 6.56. The predicted molar refractivity (Wildman–Crippen MR) is 161 cm³/mol. The normalized spacial score (nSPS) is 18.7. The number of amides is 2. The number of phenolic OH excluding ortho intramolecular Hbond substituents is 1. The summed E-state index contributed by atoms with van der Waals surface area (Å²) in [6, 6.07) is 12.0. The molecule has 2 fully saturated rings. The van der Waals surface area contributed by atoms with Gasteiger partial charge in [-0.05, 0) is 93.7 Å². The van der Waals surface area contributed by atoms with Crippen molar-refractivity contribution < 1.29 is 14.7 Å². The van der Waals surface area contributed by atoms with Crippen LogP contribution in [-0.4, -0.2) is 102 Å². The molecule has 0 aliphatic carbocycles. The zero-order valence-electron chi connectivity index (χ0n) is 23.9. The molecular formula is C31H42Cl2N4O3. The summed E-state index contributed by atoms with van der Waals surface area (Å²) in [6.07, 6.45) is 6.07. The molecule has 2 heterocycles. The Morgan fingerprint density at radius 3 is 2.17 bits per heavy atom. The fourth-order valence-electron chi connectivity index (χ4n) is 6.26. The van der Waals surface area contributed by atoms with Gasteiger partial charge in [0.25, 0.3) is 5.91 Å². The number of hydrogen-bond donors (Lipinski definition) is 1. The first kappa shape index (κ1) is 30.6. The number of carbonyl (C=O) groups is 2. The van der Waals surface area contributed by atoms with E-state index in [4.69, 9.17) is 23.2 Å². The molecule has 2 aromatic rings. The van der Waals surface area contributed by atoms with E-state index in [9.17, 15) is 14.7 Å². The van der Waals surface area contributed by atoms with Gasteiger partial charge in [-0.2, -0.15) is 0 Å². The number of likely N-dealkylation sites (tertiary alicyclic amines) is 2. The lowest BCUT2D eigenvalue weighted by molar-refractivity contribution is -0.147. The van der Waals surface area contributed by atoms with Gasteiger partial charge >= 0.3 is 0 Å². The third-order valence-corrected chi connectivity index (χ3v) is 9.35. The van der Waals surface area contributed by atoms with Gasteiger partial charge in [-0.3, -0.25) is 14.5 Å². The van der Waals surface area contributed by atoms with Crippen molar-refractivity contribution in [2.75, 3.05) is 60.4 Å². The number of hydrogen-bond acceptors (Lipinski definition) is 5. The molecule has 0 spiro atoms. The molecule has 2 aromatic carbocycles. The van der Waals surface area contributed by atoms with Gasteiger partial charge in [0.1, 0.15) is 11.3 Å². The number of rotatable bonds is 9. The summed E-state index contributed by atoms with van der Waals surface area (Å²) < 4.78 is 0. The molecule has 7 nitrogen and oxygen atoms in total. The van der Waals surface area contributed by atoms with Crippen LogP contribution in [0, 0.1) is 0 Å². The maximum Gasteiger partial charge on any atom is 0.253 e. The molecule has 40 heavy (non-hydrogen) atoms. The molecule has 9 heteroatoms. The second kappa shape index (κ2) is 13.6. The average molecular weight is 590 g/mol. The zero-order valence-corrected chi connectivity index (χ0v) is 25.4. The first-order valence-corrected chi connectivity index (χ1v) is 15.0. The van der Waals surface area contributed by atoms with Crippen molar-refractivity contribution in [2.45, 2.75) is 50.0 Å². The number of phenols is 1. The molecule has 0 bridgehead atoms. The maximum atomic E-state index is 13.4. The van der Waals surface area contributed by atoms with Gasteiger partial charge in [-0.15, -0.1) is 0 Å². The highest BCUT2D eigenvalue weighted by molar-refractivity contribution is 6.42. The van der Waals surface area contributed by atoms with Gasteiger partial charge in [-0.25, -0.2) is 0 Å². The van der Waals surface area contributed by atoms with Crippen LogP contribution < -0.4 is 0 Å². The highest BCUT2D eigenvalue weighted by Gasteiger charge is 2.47. The van der Waals surface area contributed by atoms with E-state index in [1.807, 2.05) is 32.3 Å². The second-order valence-electron chi connectivity index (χ2n) is 11.5. The van der Waals surface area contributed by atoms with Crippen LogP contribution in [0.15, 0.2) is 42.5 Å². The summed E-state index contributed by atoms with van der Waals surface area (Å²) in [6.45, 7) is 5.11. The molecule has 0 saturated carbocycles. The number of nitrogens with zero attached hydrogens (tertiary/aromatic N) is 4. The van der Waals surface area contributed by atoms with Crippen LogP contribution in [0.5, 0.6) is 5.75 Å². The molecule has 0 radical (unpaired) electrons. The van der Waals surface area contributed by atoms with Crippen molar-refractivity contribution in [1.29, 1.82) is 0 Å². The van der Waals surface area contributed by atoms with E-state index in [2.05, 4.69) is 9.80 Å². The van der Waals surface area contributed by atoms with E-state index in [0.717, 1.165) is 70.4 Å². The van der Waals surface area contributed by atoms with Crippen molar-refractivity contribution in [3.63, 3.8) is 0 Å². The summed E-state index contributed by atoms with van der Waals surface area (Å²) in [5.74, 6) is 0.317. The van der Waals surface area contributed by atoms with Gasteiger partial charge in [-0.1, -0.05) is 35.7 Å². The van der Waals surface area contributed by atoms with Crippen LogP contribution in [0.1, 0.15) is 60.4 Å². The Bertz CT molecular complexity index is 1160. The molecule has 2 saturated heterocycles. The minimum Gasteiger partial charge on any atom is -0.508 e. The summed E-state index contributed by atoms with van der Waals surface area (Å²) in [5.41, 5.74) is 1.17. The van der Waals surface area contributed by atoms with Crippen molar-refractivity contribution in [3.05, 3.63) is 63.6 Å². The summed E-state index contributed by atoms with van der Waals surface area (Å²) >= 11 is 12.6. The smallest absolute Gasteiger partial charge is 0.253 e. The number of piperidine rings is 2. The lowest BCUT2D eigenvalue weighted by Crippen LogP contribution is -2.64. The second-order valence-corrected chi connectivity index (χ2v) is 12.3. The summed E-state index contributed by atoms with van der Waals surface area (Å²) in [5, 5.41) is 10.6. The number of benzene rings is 2. The van der Waals surface area contributed by atoms with Crippen LogP contribution >= 0.6 is 23.2 Å². The van der Waals surface area contributed by atoms with Crippen molar-refractivity contribution >= 4 is 35.0 Å². The molecule has 1 N–H and O–H groups in total. The lowest BCUT2D eigenvalue weighted by atomic mass is 9.82. The largest absolute Gasteiger partial charge is 0.508 e. The molecule has 2 amide bonds. The zero-order chi connectivity index (χ0) is 28.9. The fraction of sp³-hybridized carbons (Fsp3) is 0.548. The van der Waals surface area contributed by atoms with Crippen LogP contribution in [0.25, 0.3) is 0 Å². The Balaban J connectivity index is 1.45. The van der Waals surface area contributed by atoms with Gasteiger partial charge in [0, 0.05) is 52.3 Å². The predicted octanol–water partition coefficient (Wildman–Crippen LogP) is 5.35. The van der Waals surface area contributed by atoms with E-state index < -0.39 is 5.54 Å². The Morgan fingerprint density at radius 1 is 0.925 bits per heavy atom. The monoisotopic (exact) mass is 588 g/mol. The molecule has 2 aliphatic rings. The van der Waals surface area contributed by atoms with Crippen molar-refractivity contribution in [3.8, 4) is 5.75 Å². The summed E-state index contributed by atoms with van der Waals surface area (Å²) in [7, 11) is 5.55. The average Bonchev–Trinajstić information content (AvgIpc) is 2.97. The van der Waals surface area contributed by atoms with Crippen molar-refractivity contribution in [1.82, 2.24) is 19.6 Å². The Morgan fingerprint density at radius 2 is 1.57 bits per heavy atom.